The van der Waals surface area contributed by atoms with Crippen LogP contribution in [-0.2, 0) is 6.54 Å². The van der Waals surface area contributed by atoms with Crippen LogP contribution in [0.15, 0.2) is 12.3 Å². The van der Waals surface area contributed by atoms with Crippen LogP contribution in [0.3, 0.4) is 0 Å². The van der Waals surface area contributed by atoms with Gasteiger partial charge in [-0.3, -0.25) is 4.68 Å². The average Bonchev–Trinajstić information content (AvgIpc) is 2.82. The summed E-state index contributed by atoms with van der Waals surface area (Å²) in [5.41, 5.74) is 1.34. The van der Waals surface area contributed by atoms with Gasteiger partial charge in [0.1, 0.15) is 0 Å². The van der Waals surface area contributed by atoms with E-state index in [9.17, 15) is 0 Å². The van der Waals surface area contributed by atoms with E-state index in [1.807, 2.05) is 6.20 Å². The third kappa shape index (κ3) is 3.06. The van der Waals surface area contributed by atoms with Crippen molar-refractivity contribution in [2.24, 2.45) is 0 Å². The molecule has 102 valence electrons. The number of aryl methyl sites for hydroxylation is 1. The van der Waals surface area contributed by atoms with Gasteiger partial charge in [0.15, 0.2) is 0 Å². The zero-order valence-corrected chi connectivity index (χ0v) is 13.1. The molecule has 1 fully saturated rings. The fourth-order valence-electron chi connectivity index (χ4n) is 2.50. The summed E-state index contributed by atoms with van der Waals surface area (Å²) in [5.74, 6) is 2.55. The largest absolute Gasteiger partial charge is 0.311 e. The van der Waals surface area contributed by atoms with E-state index in [2.05, 4.69) is 65.6 Å². The van der Waals surface area contributed by atoms with Crippen molar-refractivity contribution in [3.05, 3.63) is 18.0 Å². The molecule has 2 rings (SSSR count). The Hall–Kier alpha value is -0.130. The standard InChI is InChI=1S/C13H23N3S2/c1-4-7-16-11(5-6-15-16)12(14-3)13-10(2)17-8-9-18-13/h5-6,10,12-14H,4,7-9H2,1-3H3. The fourth-order valence-corrected chi connectivity index (χ4v) is 5.47. The van der Waals surface area contributed by atoms with Crippen LogP contribution in [0.2, 0.25) is 0 Å². The molecule has 0 radical (unpaired) electrons. The molecule has 0 amide bonds. The molecule has 5 heteroatoms. The van der Waals surface area contributed by atoms with Gasteiger partial charge in [0, 0.05) is 34.7 Å². The zero-order chi connectivity index (χ0) is 13.0. The Labute approximate surface area is 118 Å². The number of nitrogens with zero attached hydrogens (tertiary/aromatic N) is 2. The average molecular weight is 285 g/mol. The quantitative estimate of drug-likeness (QED) is 0.901. The number of thioether (sulfide) groups is 2. The van der Waals surface area contributed by atoms with E-state index >= 15 is 0 Å². The van der Waals surface area contributed by atoms with Crippen molar-refractivity contribution < 1.29 is 0 Å². The molecule has 0 aliphatic carbocycles. The van der Waals surface area contributed by atoms with Crippen LogP contribution in [-0.4, -0.2) is 38.8 Å². The minimum Gasteiger partial charge on any atom is -0.311 e. The van der Waals surface area contributed by atoms with Crippen molar-refractivity contribution in [2.45, 2.75) is 43.4 Å². The van der Waals surface area contributed by atoms with Gasteiger partial charge in [0.05, 0.1) is 11.7 Å². The third-order valence-corrected chi connectivity index (χ3v) is 6.57. The Morgan fingerprint density at radius 3 is 2.94 bits per heavy atom. The first-order valence-electron chi connectivity index (χ1n) is 6.70. The maximum Gasteiger partial charge on any atom is 0.0620 e. The lowest BCUT2D eigenvalue weighted by molar-refractivity contribution is 0.484. The smallest absolute Gasteiger partial charge is 0.0620 e. The van der Waals surface area contributed by atoms with Crippen LogP contribution in [0, 0.1) is 0 Å². The number of hydrogen-bond acceptors (Lipinski definition) is 4. The number of hydrogen-bond donors (Lipinski definition) is 1. The Balaban J connectivity index is 2.18. The van der Waals surface area contributed by atoms with Crippen molar-refractivity contribution >= 4 is 23.5 Å². The van der Waals surface area contributed by atoms with E-state index in [0.29, 0.717) is 16.5 Å². The van der Waals surface area contributed by atoms with Crippen molar-refractivity contribution in [1.29, 1.82) is 0 Å². The molecule has 0 saturated carbocycles. The van der Waals surface area contributed by atoms with Crippen molar-refractivity contribution in [3.63, 3.8) is 0 Å². The topological polar surface area (TPSA) is 29.9 Å². The monoisotopic (exact) mass is 285 g/mol. The van der Waals surface area contributed by atoms with E-state index in [0.717, 1.165) is 13.0 Å². The lowest BCUT2D eigenvalue weighted by atomic mass is 10.1. The highest BCUT2D eigenvalue weighted by molar-refractivity contribution is 8.07. The summed E-state index contributed by atoms with van der Waals surface area (Å²) in [6, 6.07) is 2.58. The van der Waals surface area contributed by atoms with Gasteiger partial charge < -0.3 is 5.32 Å². The van der Waals surface area contributed by atoms with Crippen LogP contribution in [0.25, 0.3) is 0 Å². The molecule has 1 aromatic rings. The summed E-state index contributed by atoms with van der Waals surface area (Å²) in [6.07, 6.45) is 3.06. The molecule has 3 atom stereocenters. The van der Waals surface area contributed by atoms with Crippen LogP contribution >= 0.6 is 23.5 Å². The zero-order valence-electron chi connectivity index (χ0n) is 11.4. The van der Waals surface area contributed by atoms with E-state index in [1.165, 1.54) is 17.2 Å². The maximum absolute atomic E-state index is 4.46. The molecule has 0 aromatic carbocycles. The summed E-state index contributed by atoms with van der Waals surface area (Å²) < 4.78 is 2.16. The number of rotatable bonds is 5. The van der Waals surface area contributed by atoms with Gasteiger partial charge in [-0.15, -0.1) is 0 Å². The second-order valence-electron chi connectivity index (χ2n) is 4.66. The first kappa shape index (κ1) is 14.3. The molecule has 3 unspecified atom stereocenters. The summed E-state index contributed by atoms with van der Waals surface area (Å²) in [7, 11) is 2.07. The Bertz CT molecular complexity index is 367. The molecule has 1 aliphatic heterocycles. The molecule has 1 aliphatic rings. The molecule has 2 heterocycles. The minimum atomic E-state index is 0.409. The SMILES string of the molecule is CCCn1nccc1C(NC)C1SCCSC1C. The van der Waals surface area contributed by atoms with Gasteiger partial charge in [-0.05, 0) is 19.5 Å². The normalized spacial score (nSPS) is 26.2. The van der Waals surface area contributed by atoms with Gasteiger partial charge in [-0.1, -0.05) is 13.8 Å². The molecule has 3 nitrogen and oxygen atoms in total. The first-order valence-corrected chi connectivity index (χ1v) is 8.79. The van der Waals surface area contributed by atoms with Gasteiger partial charge in [0.25, 0.3) is 0 Å². The molecule has 18 heavy (non-hydrogen) atoms. The Morgan fingerprint density at radius 1 is 1.50 bits per heavy atom. The van der Waals surface area contributed by atoms with E-state index in [1.54, 1.807) is 0 Å². The second-order valence-corrected chi connectivity index (χ2v) is 7.43. The summed E-state index contributed by atoms with van der Waals surface area (Å²) in [4.78, 5) is 0. The highest BCUT2D eigenvalue weighted by Gasteiger charge is 2.32. The predicted octanol–water partition coefficient (Wildman–Crippen LogP) is 2.79. The third-order valence-electron chi connectivity index (χ3n) is 3.38. The summed E-state index contributed by atoms with van der Waals surface area (Å²) in [5, 5.41) is 9.30. The first-order chi connectivity index (χ1) is 8.77. The van der Waals surface area contributed by atoms with Gasteiger partial charge in [-0.25, -0.2) is 0 Å². The molecular formula is C13H23N3S2. The van der Waals surface area contributed by atoms with Crippen molar-refractivity contribution in [2.75, 3.05) is 18.6 Å². The summed E-state index contributed by atoms with van der Waals surface area (Å²) in [6.45, 7) is 5.57. The lowest BCUT2D eigenvalue weighted by Crippen LogP contribution is -2.37. The van der Waals surface area contributed by atoms with Crippen LogP contribution < -0.4 is 5.32 Å². The number of aromatic nitrogens is 2. The van der Waals surface area contributed by atoms with Crippen molar-refractivity contribution in [1.82, 2.24) is 15.1 Å². The van der Waals surface area contributed by atoms with Gasteiger partial charge >= 0.3 is 0 Å². The second kappa shape index (κ2) is 6.87. The van der Waals surface area contributed by atoms with E-state index in [4.69, 9.17) is 0 Å². The van der Waals surface area contributed by atoms with Gasteiger partial charge in [0.2, 0.25) is 0 Å². The maximum atomic E-state index is 4.46. The highest BCUT2D eigenvalue weighted by Crippen LogP contribution is 2.38. The minimum absolute atomic E-state index is 0.409. The molecule has 1 saturated heterocycles. The van der Waals surface area contributed by atoms with Crippen LogP contribution in [0.4, 0.5) is 0 Å². The highest BCUT2D eigenvalue weighted by atomic mass is 32.2. The molecule has 1 N–H and O–H groups in total. The Kier molecular flexibility index (Phi) is 5.45. The molecular weight excluding hydrogens is 262 g/mol. The van der Waals surface area contributed by atoms with Crippen molar-refractivity contribution in [3.8, 4) is 0 Å². The fraction of sp³-hybridized carbons (Fsp3) is 0.769. The molecule has 0 bridgehead atoms. The van der Waals surface area contributed by atoms with Crippen LogP contribution in [0.5, 0.6) is 0 Å². The lowest BCUT2D eigenvalue weighted by Gasteiger charge is -2.34. The summed E-state index contributed by atoms with van der Waals surface area (Å²) >= 11 is 4.20. The van der Waals surface area contributed by atoms with E-state index in [-0.39, 0.29) is 0 Å². The molecule has 1 aromatic heterocycles. The van der Waals surface area contributed by atoms with Gasteiger partial charge in [-0.2, -0.15) is 28.6 Å². The predicted molar refractivity (Wildman–Crippen MR) is 82.5 cm³/mol. The van der Waals surface area contributed by atoms with Crippen LogP contribution in [0.1, 0.15) is 32.0 Å². The van der Waals surface area contributed by atoms with E-state index < -0.39 is 0 Å². The molecule has 0 spiro atoms. The number of nitrogens with one attached hydrogen (secondary N) is 1. The Morgan fingerprint density at radius 2 is 2.28 bits per heavy atom.